The molecule has 2 heterocycles. The highest BCUT2D eigenvalue weighted by Crippen LogP contribution is 2.18. The van der Waals surface area contributed by atoms with Gasteiger partial charge in [0.15, 0.2) is 0 Å². The molecule has 19 heavy (non-hydrogen) atoms. The van der Waals surface area contributed by atoms with E-state index in [1.54, 1.807) is 0 Å². The Hall–Kier alpha value is -1.55. The zero-order valence-electron chi connectivity index (χ0n) is 11.6. The highest BCUT2D eigenvalue weighted by Gasteiger charge is 2.00. The molecule has 3 nitrogen and oxygen atoms in total. The molecule has 2 aromatic rings. The topological polar surface area (TPSA) is 37.0 Å². The van der Waals surface area contributed by atoms with E-state index in [0.717, 1.165) is 37.6 Å². The Balaban J connectivity index is 1.91. The maximum Gasteiger partial charge on any atom is 0.128 e. The Bertz CT molecular complexity index is 508. The molecule has 0 fully saturated rings. The predicted octanol–water partition coefficient (Wildman–Crippen LogP) is 4.14. The van der Waals surface area contributed by atoms with Crippen LogP contribution in [-0.2, 0) is 13.0 Å². The first-order valence-electron chi connectivity index (χ1n) is 6.84. The van der Waals surface area contributed by atoms with Crippen molar-refractivity contribution in [1.29, 1.82) is 0 Å². The summed E-state index contributed by atoms with van der Waals surface area (Å²) in [5.74, 6) is 1.86. The molecular formula is C15H21N3S. The summed E-state index contributed by atoms with van der Waals surface area (Å²) in [5, 5.41) is 6.67. The highest BCUT2D eigenvalue weighted by atomic mass is 32.1. The van der Waals surface area contributed by atoms with Crippen LogP contribution < -0.4 is 10.6 Å². The molecule has 2 rings (SSSR count). The maximum atomic E-state index is 4.53. The van der Waals surface area contributed by atoms with Gasteiger partial charge < -0.3 is 10.6 Å². The smallest absolute Gasteiger partial charge is 0.128 e. The fourth-order valence-corrected chi connectivity index (χ4v) is 2.67. The van der Waals surface area contributed by atoms with Gasteiger partial charge in [0, 0.05) is 16.3 Å². The molecule has 0 atom stereocenters. The van der Waals surface area contributed by atoms with E-state index in [1.807, 2.05) is 29.5 Å². The maximum absolute atomic E-state index is 4.53. The largest absolute Gasteiger partial charge is 0.370 e. The van der Waals surface area contributed by atoms with Crippen LogP contribution in [0, 0.1) is 0 Å². The number of hydrogen-bond acceptors (Lipinski definition) is 4. The molecule has 0 aliphatic rings. The second-order valence-corrected chi connectivity index (χ2v) is 5.66. The SMILES string of the molecule is CCCNc1cccc(NCc2ccc(CC)s2)n1. The van der Waals surface area contributed by atoms with Crippen molar-refractivity contribution < 1.29 is 0 Å². The van der Waals surface area contributed by atoms with Crippen molar-refractivity contribution in [1.82, 2.24) is 4.98 Å². The molecule has 4 heteroatoms. The number of nitrogens with one attached hydrogen (secondary N) is 2. The molecule has 0 spiro atoms. The van der Waals surface area contributed by atoms with Crippen molar-refractivity contribution in [3.63, 3.8) is 0 Å². The Morgan fingerprint density at radius 1 is 1.00 bits per heavy atom. The first-order valence-corrected chi connectivity index (χ1v) is 7.66. The van der Waals surface area contributed by atoms with E-state index in [9.17, 15) is 0 Å². The lowest BCUT2D eigenvalue weighted by atomic mass is 10.3. The summed E-state index contributed by atoms with van der Waals surface area (Å²) in [5.41, 5.74) is 0. The molecule has 0 radical (unpaired) electrons. The quantitative estimate of drug-likeness (QED) is 0.797. The molecule has 102 valence electrons. The van der Waals surface area contributed by atoms with Crippen LogP contribution in [-0.4, -0.2) is 11.5 Å². The van der Waals surface area contributed by atoms with Crippen LogP contribution in [0.2, 0.25) is 0 Å². The first kappa shape index (κ1) is 13.9. The molecule has 0 aromatic carbocycles. The number of anilines is 2. The molecule has 2 aromatic heterocycles. The first-order chi connectivity index (χ1) is 9.31. The highest BCUT2D eigenvalue weighted by molar-refractivity contribution is 7.12. The number of thiophene rings is 1. The van der Waals surface area contributed by atoms with E-state index >= 15 is 0 Å². The molecule has 0 bridgehead atoms. The van der Waals surface area contributed by atoms with Crippen molar-refractivity contribution in [3.8, 4) is 0 Å². The Morgan fingerprint density at radius 2 is 1.74 bits per heavy atom. The minimum absolute atomic E-state index is 0.842. The van der Waals surface area contributed by atoms with Gasteiger partial charge in [-0.1, -0.05) is 19.9 Å². The lowest BCUT2D eigenvalue weighted by Crippen LogP contribution is -2.04. The second kappa shape index (κ2) is 7.14. The fraction of sp³-hybridized carbons (Fsp3) is 0.400. The number of hydrogen-bond donors (Lipinski definition) is 2. The summed E-state index contributed by atoms with van der Waals surface area (Å²) in [7, 11) is 0. The summed E-state index contributed by atoms with van der Waals surface area (Å²) in [6, 6.07) is 10.4. The van der Waals surface area contributed by atoms with Gasteiger partial charge in [-0.15, -0.1) is 11.3 Å². The van der Waals surface area contributed by atoms with Gasteiger partial charge in [-0.05, 0) is 37.1 Å². The molecular weight excluding hydrogens is 254 g/mol. The molecule has 0 unspecified atom stereocenters. The fourth-order valence-electron chi connectivity index (χ4n) is 1.77. The Labute approximate surface area is 119 Å². The van der Waals surface area contributed by atoms with E-state index in [4.69, 9.17) is 0 Å². The van der Waals surface area contributed by atoms with Crippen LogP contribution in [0.3, 0.4) is 0 Å². The van der Waals surface area contributed by atoms with Gasteiger partial charge in [0.2, 0.25) is 0 Å². The van der Waals surface area contributed by atoms with Crippen molar-refractivity contribution in [3.05, 3.63) is 40.1 Å². The van der Waals surface area contributed by atoms with Crippen LogP contribution in [0.5, 0.6) is 0 Å². The zero-order valence-corrected chi connectivity index (χ0v) is 12.4. The molecule has 0 aliphatic heterocycles. The van der Waals surface area contributed by atoms with E-state index < -0.39 is 0 Å². The second-order valence-electron chi connectivity index (χ2n) is 4.41. The molecule has 2 N–H and O–H groups in total. The summed E-state index contributed by atoms with van der Waals surface area (Å²) in [4.78, 5) is 7.32. The van der Waals surface area contributed by atoms with Crippen LogP contribution in [0.1, 0.15) is 30.0 Å². The lowest BCUT2D eigenvalue weighted by molar-refractivity contribution is 0.968. The van der Waals surface area contributed by atoms with Crippen LogP contribution in [0.15, 0.2) is 30.3 Å². The van der Waals surface area contributed by atoms with Gasteiger partial charge in [0.1, 0.15) is 11.6 Å². The third-order valence-corrected chi connectivity index (χ3v) is 4.04. The normalized spacial score (nSPS) is 10.4. The molecule has 0 aliphatic carbocycles. The minimum atomic E-state index is 0.842. The monoisotopic (exact) mass is 275 g/mol. The molecule has 0 saturated heterocycles. The van der Waals surface area contributed by atoms with Crippen LogP contribution >= 0.6 is 11.3 Å². The zero-order chi connectivity index (χ0) is 13.5. The number of aryl methyl sites for hydroxylation is 1. The standard InChI is InChI=1S/C15H21N3S/c1-3-10-16-14-6-5-7-15(18-14)17-11-13-9-8-12(4-2)19-13/h5-9H,3-4,10-11H2,1-2H3,(H2,16,17,18). The van der Waals surface area contributed by atoms with E-state index in [-0.39, 0.29) is 0 Å². The van der Waals surface area contributed by atoms with Gasteiger partial charge in [0.05, 0.1) is 6.54 Å². The molecule has 0 amide bonds. The number of rotatable bonds is 7. The van der Waals surface area contributed by atoms with Crippen molar-refractivity contribution in [2.24, 2.45) is 0 Å². The van der Waals surface area contributed by atoms with E-state index in [1.165, 1.54) is 9.75 Å². The third-order valence-electron chi connectivity index (χ3n) is 2.81. The summed E-state index contributed by atoms with van der Waals surface area (Å²) >= 11 is 1.86. The van der Waals surface area contributed by atoms with Crippen molar-refractivity contribution in [2.45, 2.75) is 33.2 Å². The van der Waals surface area contributed by atoms with Gasteiger partial charge in [0.25, 0.3) is 0 Å². The minimum Gasteiger partial charge on any atom is -0.370 e. The van der Waals surface area contributed by atoms with Crippen molar-refractivity contribution in [2.75, 3.05) is 17.2 Å². The molecule has 0 saturated carbocycles. The van der Waals surface area contributed by atoms with Gasteiger partial charge >= 0.3 is 0 Å². The summed E-state index contributed by atoms with van der Waals surface area (Å²) < 4.78 is 0. The Morgan fingerprint density at radius 3 is 2.42 bits per heavy atom. The van der Waals surface area contributed by atoms with Crippen LogP contribution in [0.25, 0.3) is 0 Å². The van der Waals surface area contributed by atoms with E-state index in [2.05, 4.69) is 41.6 Å². The predicted molar refractivity (Wildman–Crippen MR) is 84.0 cm³/mol. The number of aromatic nitrogens is 1. The number of pyridine rings is 1. The van der Waals surface area contributed by atoms with Gasteiger partial charge in [-0.2, -0.15) is 0 Å². The summed E-state index contributed by atoms with van der Waals surface area (Å²) in [6.07, 6.45) is 2.22. The third kappa shape index (κ3) is 4.24. The van der Waals surface area contributed by atoms with E-state index in [0.29, 0.717) is 0 Å². The summed E-state index contributed by atoms with van der Waals surface area (Å²) in [6.45, 7) is 6.14. The van der Waals surface area contributed by atoms with Gasteiger partial charge in [-0.25, -0.2) is 4.98 Å². The average Bonchev–Trinajstić information content (AvgIpc) is 2.91. The van der Waals surface area contributed by atoms with Gasteiger partial charge in [-0.3, -0.25) is 0 Å². The van der Waals surface area contributed by atoms with Crippen LogP contribution in [0.4, 0.5) is 11.6 Å². The Kier molecular flexibility index (Phi) is 5.21. The average molecular weight is 275 g/mol. The lowest BCUT2D eigenvalue weighted by Gasteiger charge is -2.07. The number of nitrogens with zero attached hydrogens (tertiary/aromatic N) is 1. The van der Waals surface area contributed by atoms with Crippen molar-refractivity contribution >= 4 is 23.0 Å².